The summed E-state index contributed by atoms with van der Waals surface area (Å²) >= 11 is 0. The van der Waals surface area contributed by atoms with E-state index < -0.39 is 6.09 Å². The van der Waals surface area contributed by atoms with Gasteiger partial charge in [0, 0.05) is 0 Å². The topological polar surface area (TPSA) is 49.6 Å². The van der Waals surface area contributed by atoms with Crippen LogP contribution in [0.15, 0.2) is 30.3 Å². The summed E-state index contributed by atoms with van der Waals surface area (Å²) in [6.45, 7) is 2.74. The van der Waals surface area contributed by atoms with Crippen molar-refractivity contribution in [2.45, 2.75) is 96.8 Å². The van der Waals surface area contributed by atoms with E-state index in [-0.39, 0.29) is 0 Å². The largest absolute Gasteiger partial charge is 0.461 e. The molecular weight excluding hydrogens is 338 g/mol. The van der Waals surface area contributed by atoms with Crippen LogP contribution in [0.2, 0.25) is 0 Å². The molecule has 1 aromatic carbocycles. The van der Waals surface area contributed by atoms with Crippen LogP contribution in [0.25, 0.3) is 0 Å². The van der Waals surface area contributed by atoms with Crippen molar-refractivity contribution in [3.05, 3.63) is 30.3 Å². The third-order valence-corrected chi connectivity index (χ3v) is 4.68. The molecule has 0 heterocycles. The number of nitrogens with zero attached hydrogens (tertiary/aromatic N) is 1. The van der Waals surface area contributed by atoms with Gasteiger partial charge in [-0.25, -0.2) is 9.63 Å². The third-order valence-electron chi connectivity index (χ3n) is 4.68. The minimum Gasteiger partial charge on any atom is -0.407 e. The fourth-order valence-electron chi connectivity index (χ4n) is 3.07. The van der Waals surface area contributed by atoms with Crippen LogP contribution in [-0.4, -0.2) is 12.7 Å². The van der Waals surface area contributed by atoms with Crippen molar-refractivity contribution >= 4 is 6.09 Å². The first-order valence-corrected chi connectivity index (χ1v) is 10.9. The van der Waals surface area contributed by atoms with Crippen molar-refractivity contribution in [2.75, 3.05) is 6.61 Å². The van der Waals surface area contributed by atoms with Crippen LogP contribution < -0.4 is 10.2 Å². The van der Waals surface area contributed by atoms with Gasteiger partial charge in [-0.05, 0) is 18.6 Å². The number of hydrogen-bond donors (Lipinski definition) is 0. The molecule has 0 unspecified atom stereocenters. The second-order valence-corrected chi connectivity index (χ2v) is 7.20. The fourth-order valence-corrected chi connectivity index (χ4v) is 3.07. The Morgan fingerprint density at radius 3 is 1.74 bits per heavy atom. The van der Waals surface area contributed by atoms with E-state index in [4.69, 9.17) is 9.57 Å². The first-order valence-electron chi connectivity index (χ1n) is 10.9. The van der Waals surface area contributed by atoms with Crippen LogP contribution in [0.3, 0.4) is 0 Å². The van der Waals surface area contributed by atoms with Crippen molar-refractivity contribution in [2.24, 2.45) is 0 Å². The maximum atomic E-state index is 11.4. The number of unbranched alkanes of at least 4 members (excludes halogenated alkanes) is 13. The number of amides is 1. The molecular formula is C23H38NO3. The second-order valence-electron chi connectivity index (χ2n) is 7.20. The van der Waals surface area contributed by atoms with Gasteiger partial charge in [0.25, 0.3) is 0 Å². The van der Waals surface area contributed by atoms with E-state index in [1.165, 1.54) is 77.0 Å². The van der Waals surface area contributed by atoms with E-state index in [1.807, 2.05) is 6.07 Å². The smallest absolute Gasteiger partial charge is 0.407 e. The number of hydrogen-bond acceptors (Lipinski definition) is 3. The lowest BCUT2D eigenvalue weighted by atomic mass is 10.0. The Kier molecular flexibility index (Phi) is 15.5. The van der Waals surface area contributed by atoms with Crippen molar-refractivity contribution < 1.29 is 14.4 Å². The number of carbonyl (C=O) groups excluding carboxylic acids is 1. The van der Waals surface area contributed by atoms with Gasteiger partial charge in [0.2, 0.25) is 0 Å². The van der Waals surface area contributed by atoms with Crippen molar-refractivity contribution in [3.63, 3.8) is 0 Å². The molecule has 1 rings (SSSR count). The Morgan fingerprint density at radius 2 is 1.22 bits per heavy atom. The zero-order valence-corrected chi connectivity index (χ0v) is 17.2. The summed E-state index contributed by atoms with van der Waals surface area (Å²) in [4.78, 5) is 16.5. The molecule has 1 radical (unpaired) electrons. The van der Waals surface area contributed by atoms with Gasteiger partial charge < -0.3 is 4.74 Å². The lowest BCUT2D eigenvalue weighted by Crippen LogP contribution is -2.20. The Hall–Kier alpha value is -1.55. The van der Waals surface area contributed by atoms with Gasteiger partial charge in [0.05, 0.1) is 6.61 Å². The SMILES string of the molecule is CCCCCCCCCCCCCCCCO[N]C(=O)Oc1ccccc1. The van der Waals surface area contributed by atoms with Gasteiger partial charge >= 0.3 is 6.09 Å². The molecule has 1 aromatic rings. The first kappa shape index (κ1) is 23.5. The molecule has 0 spiro atoms. The van der Waals surface area contributed by atoms with Crippen LogP contribution in [0.5, 0.6) is 5.75 Å². The van der Waals surface area contributed by atoms with E-state index >= 15 is 0 Å². The van der Waals surface area contributed by atoms with Crippen LogP contribution in [0, 0.1) is 0 Å². The molecule has 0 aromatic heterocycles. The zero-order chi connectivity index (χ0) is 19.4. The predicted molar refractivity (Wildman–Crippen MR) is 111 cm³/mol. The number of para-hydroxylation sites is 1. The Bertz CT molecular complexity index is 450. The Morgan fingerprint density at radius 1 is 0.741 bits per heavy atom. The number of rotatable bonds is 17. The zero-order valence-electron chi connectivity index (χ0n) is 17.2. The maximum Gasteiger partial charge on any atom is 0.461 e. The number of ether oxygens (including phenoxy) is 1. The summed E-state index contributed by atoms with van der Waals surface area (Å²) in [5, 5.41) is 0. The minimum atomic E-state index is -0.702. The molecule has 0 atom stereocenters. The van der Waals surface area contributed by atoms with Crippen LogP contribution in [0.4, 0.5) is 4.79 Å². The minimum absolute atomic E-state index is 0.474. The van der Waals surface area contributed by atoms with Gasteiger partial charge in [-0.15, -0.1) is 0 Å². The molecule has 0 bridgehead atoms. The van der Waals surface area contributed by atoms with Gasteiger partial charge in [0.1, 0.15) is 5.75 Å². The Balaban J connectivity index is 1.76. The van der Waals surface area contributed by atoms with Gasteiger partial charge in [0.15, 0.2) is 0 Å². The van der Waals surface area contributed by atoms with E-state index in [0.717, 1.165) is 12.8 Å². The van der Waals surface area contributed by atoms with Crippen molar-refractivity contribution in [1.82, 2.24) is 5.48 Å². The number of carbonyl (C=O) groups is 1. The van der Waals surface area contributed by atoms with E-state index in [0.29, 0.717) is 12.4 Å². The average molecular weight is 377 g/mol. The molecule has 0 aliphatic heterocycles. The summed E-state index contributed by atoms with van der Waals surface area (Å²) in [6, 6.07) is 8.89. The number of hydroxylamine groups is 1. The molecule has 0 saturated carbocycles. The molecule has 4 nitrogen and oxygen atoms in total. The molecule has 0 saturated heterocycles. The fraction of sp³-hybridized carbons (Fsp3) is 0.696. The van der Waals surface area contributed by atoms with E-state index in [1.54, 1.807) is 24.3 Å². The molecule has 4 heteroatoms. The highest BCUT2D eigenvalue weighted by Gasteiger charge is 2.05. The number of benzene rings is 1. The van der Waals surface area contributed by atoms with Crippen molar-refractivity contribution in [3.8, 4) is 5.75 Å². The van der Waals surface area contributed by atoms with Gasteiger partial charge in [-0.1, -0.05) is 114 Å². The Labute approximate surface area is 166 Å². The normalized spacial score (nSPS) is 10.7. The maximum absolute atomic E-state index is 11.4. The summed E-state index contributed by atoms with van der Waals surface area (Å²) < 4.78 is 5.01. The summed E-state index contributed by atoms with van der Waals surface area (Å²) in [5.74, 6) is 0.478. The first-order chi connectivity index (χ1) is 13.3. The quantitative estimate of drug-likeness (QED) is 0.213. The highest BCUT2D eigenvalue weighted by molar-refractivity contribution is 5.68. The summed E-state index contributed by atoms with van der Waals surface area (Å²) in [6.07, 6.45) is 17.8. The molecule has 153 valence electrons. The molecule has 27 heavy (non-hydrogen) atoms. The summed E-state index contributed by atoms with van der Waals surface area (Å²) in [5.41, 5.74) is 3.46. The molecule has 0 N–H and O–H groups in total. The van der Waals surface area contributed by atoms with E-state index in [2.05, 4.69) is 12.4 Å². The van der Waals surface area contributed by atoms with Gasteiger partial charge in [-0.2, -0.15) is 0 Å². The summed E-state index contributed by atoms with van der Waals surface area (Å²) in [7, 11) is 0. The second kappa shape index (κ2) is 17.8. The standard InChI is InChI=1S/C23H38NO3/c1-2-3-4-5-6-7-8-9-10-11-12-13-14-18-21-26-24-23(25)27-22-19-16-15-17-20-22/h15-17,19-20H,2-14,18,21H2,1H3. The third kappa shape index (κ3) is 15.2. The highest BCUT2D eigenvalue weighted by Crippen LogP contribution is 2.13. The molecule has 0 aliphatic carbocycles. The predicted octanol–water partition coefficient (Wildman–Crippen LogP) is 7.20. The molecule has 0 fully saturated rings. The lowest BCUT2D eigenvalue weighted by molar-refractivity contribution is 0.0364. The van der Waals surface area contributed by atoms with Crippen LogP contribution >= 0.6 is 0 Å². The van der Waals surface area contributed by atoms with Crippen LogP contribution in [-0.2, 0) is 4.84 Å². The monoisotopic (exact) mass is 376 g/mol. The van der Waals surface area contributed by atoms with Gasteiger partial charge in [-0.3, -0.25) is 0 Å². The van der Waals surface area contributed by atoms with E-state index in [9.17, 15) is 4.79 Å². The average Bonchev–Trinajstić information content (AvgIpc) is 2.68. The van der Waals surface area contributed by atoms with Crippen LogP contribution in [0.1, 0.15) is 96.8 Å². The molecule has 1 amide bonds. The lowest BCUT2D eigenvalue weighted by Gasteiger charge is -2.04. The van der Waals surface area contributed by atoms with Crippen molar-refractivity contribution in [1.29, 1.82) is 0 Å². The highest BCUT2D eigenvalue weighted by atomic mass is 16.7. The molecule has 0 aliphatic rings.